The highest BCUT2D eigenvalue weighted by Gasteiger charge is 2.12. The average Bonchev–Trinajstić information content (AvgIpc) is 3.17. The molecule has 24 heavy (non-hydrogen) atoms. The third-order valence-corrected chi connectivity index (χ3v) is 4.72. The Kier molecular flexibility index (Phi) is 4.71. The summed E-state index contributed by atoms with van der Waals surface area (Å²) in [7, 11) is 1.81. The Hall–Kier alpha value is -2.54. The number of rotatable bonds is 5. The Morgan fingerprint density at radius 1 is 1.25 bits per heavy atom. The van der Waals surface area contributed by atoms with Crippen molar-refractivity contribution in [2.24, 2.45) is 7.05 Å². The maximum absolute atomic E-state index is 12.1. The fraction of sp³-hybridized carbons (Fsp3) is 0.235. The van der Waals surface area contributed by atoms with E-state index in [1.54, 1.807) is 23.1 Å². The monoisotopic (exact) mass is 341 g/mol. The molecular weight excluding hydrogens is 322 g/mol. The highest BCUT2D eigenvalue weighted by Crippen LogP contribution is 2.24. The van der Waals surface area contributed by atoms with E-state index in [1.165, 1.54) is 22.9 Å². The first-order valence-electron chi connectivity index (χ1n) is 7.57. The summed E-state index contributed by atoms with van der Waals surface area (Å²) in [4.78, 5) is 16.4. The number of nitrogens with one attached hydrogen (secondary N) is 1. The number of imidazole rings is 1. The van der Waals surface area contributed by atoms with Crippen LogP contribution in [0.25, 0.3) is 5.69 Å². The molecule has 3 rings (SSSR count). The zero-order valence-corrected chi connectivity index (χ0v) is 14.7. The van der Waals surface area contributed by atoms with Crippen LogP contribution in [0.15, 0.2) is 48.0 Å². The molecule has 0 fully saturated rings. The summed E-state index contributed by atoms with van der Waals surface area (Å²) in [5.74, 6) is 0.730. The minimum absolute atomic E-state index is 0.103. The predicted molar refractivity (Wildman–Crippen MR) is 95.6 cm³/mol. The lowest BCUT2D eigenvalue weighted by molar-refractivity contribution is -0.113. The summed E-state index contributed by atoms with van der Waals surface area (Å²) < 4.78 is 3.66. The van der Waals surface area contributed by atoms with Gasteiger partial charge >= 0.3 is 0 Å². The lowest BCUT2D eigenvalue weighted by Crippen LogP contribution is -2.15. The van der Waals surface area contributed by atoms with Crippen molar-refractivity contribution in [2.75, 3.05) is 11.1 Å². The highest BCUT2D eigenvalue weighted by molar-refractivity contribution is 7.99. The smallest absolute Gasteiger partial charge is 0.236 e. The molecule has 0 spiro atoms. The van der Waals surface area contributed by atoms with E-state index >= 15 is 0 Å². The van der Waals surface area contributed by atoms with E-state index in [9.17, 15) is 4.79 Å². The van der Waals surface area contributed by atoms with E-state index in [4.69, 9.17) is 0 Å². The molecule has 0 atom stereocenters. The van der Waals surface area contributed by atoms with Crippen LogP contribution in [0.2, 0.25) is 0 Å². The third kappa shape index (κ3) is 3.51. The number of amides is 1. The summed E-state index contributed by atoms with van der Waals surface area (Å²) >= 11 is 1.40. The summed E-state index contributed by atoms with van der Waals surface area (Å²) in [5.41, 5.74) is 3.51. The second-order valence-electron chi connectivity index (χ2n) is 5.51. The van der Waals surface area contributed by atoms with Gasteiger partial charge in [0.15, 0.2) is 11.0 Å². The number of thioether (sulfide) groups is 1. The zero-order chi connectivity index (χ0) is 17.1. The molecule has 0 aliphatic heterocycles. The van der Waals surface area contributed by atoms with E-state index in [0.29, 0.717) is 5.82 Å². The molecule has 2 aromatic heterocycles. The van der Waals surface area contributed by atoms with Crippen LogP contribution in [0.1, 0.15) is 11.1 Å². The molecule has 2 heterocycles. The lowest BCUT2D eigenvalue weighted by Gasteiger charge is -2.12. The number of anilines is 1. The van der Waals surface area contributed by atoms with Gasteiger partial charge in [-0.05, 0) is 31.0 Å². The average molecular weight is 341 g/mol. The minimum atomic E-state index is -0.103. The van der Waals surface area contributed by atoms with Crippen molar-refractivity contribution >= 4 is 23.5 Å². The topological polar surface area (TPSA) is 64.7 Å². The lowest BCUT2D eigenvalue weighted by atomic mass is 10.1. The number of carbonyl (C=O) groups excluding carboxylic acids is 1. The van der Waals surface area contributed by atoms with Crippen LogP contribution in [-0.2, 0) is 11.8 Å². The standard InChI is InChI=1S/C17H19N5OS/c1-12-5-4-6-14(13(12)2)22-10-8-18-17(22)24-11-16(23)19-15-7-9-21(3)20-15/h4-10H,11H2,1-3H3,(H,19,20,23). The molecule has 1 aromatic carbocycles. The predicted octanol–water partition coefficient (Wildman–Crippen LogP) is 2.95. The van der Waals surface area contributed by atoms with Crippen LogP contribution in [-0.4, -0.2) is 31.0 Å². The maximum atomic E-state index is 12.1. The summed E-state index contributed by atoms with van der Waals surface area (Å²) in [6.45, 7) is 4.18. The van der Waals surface area contributed by atoms with Crippen molar-refractivity contribution in [1.82, 2.24) is 19.3 Å². The van der Waals surface area contributed by atoms with E-state index < -0.39 is 0 Å². The molecule has 0 unspecified atom stereocenters. The first-order chi connectivity index (χ1) is 11.5. The van der Waals surface area contributed by atoms with E-state index in [-0.39, 0.29) is 11.7 Å². The summed E-state index contributed by atoms with van der Waals surface area (Å²) in [5, 5.41) is 7.70. The van der Waals surface area contributed by atoms with Crippen molar-refractivity contribution < 1.29 is 4.79 Å². The number of nitrogens with zero attached hydrogens (tertiary/aromatic N) is 4. The number of aryl methyl sites for hydroxylation is 2. The van der Waals surface area contributed by atoms with Gasteiger partial charge in [-0.1, -0.05) is 23.9 Å². The van der Waals surface area contributed by atoms with Crippen LogP contribution < -0.4 is 5.32 Å². The normalized spacial score (nSPS) is 10.8. The minimum Gasteiger partial charge on any atom is -0.308 e. The first kappa shape index (κ1) is 16.3. The SMILES string of the molecule is Cc1cccc(-n2ccnc2SCC(=O)Nc2ccn(C)n2)c1C. The Morgan fingerprint density at radius 2 is 2.08 bits per heavy atom. The summed E-state index contributed by atoms with van der Waals surface area (Å²) in [6.07, 6.45) is 5.46. The third-order valence-electron chi connectivity index (χ3n) is 3.76. The van der Waals surface area contributed by atoms with E-state index in [1.807, 2.05) is 23.9 Å². The molecule has 0 aliphatic carbocycles. The molecule has 0 saturated carbocycles. The zero-order valence-electron chi connectivity index (χ0n) is 13.9. The number of carbonyl (C=O) groups is 1. The molecule has 3 aromatic rings. The molecule has 124 valence electrons. The van der Waals surface area contributed by atoms with Gasteiger partial charge in [-0.25, -0.2) is 4.98 Å². The molecule has 0 aliphatic rings. The molecule has 7 heteroatoms. The quantitative estimate of drug-likeness (QED) is 0.725. The molecule has 1 N–H and O–H groups in total. The van der Waals surface area contributed by atoms with Crippen LogP contribution in [0.4, 0.5) is 5.82 Å². The van der Waals surface area contributed by atoms with Gasteiger partial charge in [-0.3, -0.25) is 14.0 Å². The van der Waals surface area contributed by atoms with Crippen LogP contribution in [0.3, 0.4) is 0 Å². The molecule has 0 radical (unpaired) electrons. The molecule has 0 saturated heterocycles. The van der Waals surface area contributed by atoms with Crippen LogP contribution in [0, 0.1) is 13.8 Å². The van der Waals surface area contributed by atoms with E-state index in [0.717, 1.165) is 10.8 Å². The fourth-order valence-electron chi connectivity index (χ4n) is 2.37. The van der Waals surface area contributed by atoms with Gasteiger partial charge in [-0.2, -0.15) is 5.10 Å². The van der Waals surface area contributed by atoms with Crippen molar-refractivity contribution in [3.63, 3.8) is 0 Å². The number of hydrogen-bond donors (Lipinski definition) is 1. The molecule has 1 amide bonds. The van der Waals surface area contributed by atoms with Gasteiger partial charge in [0.05, 0.1) is 11.4 Å². The van der Waals surface area contributed by atoms with Gasteiger partial charge < -0.3 is 5.32 Å². The number of hydrogen-bond acceptors (Lipinski definition) is 4. The highest BCUT2D eigenvalue weighted by atomic mass is 32.2. The molecule has 0 bridgehead atoms. The second-order valence-corrected chi connectivity index (χ2v) is 6.45. The van der Waals surface area contributed by atoms with Gasteiger partial charge in [-0.15, -0.1) is 0 Å². The fourth-order valence-corrected chi connectivity index (χ4v) is 3.13. The number of aromatic nitrogens is 4. The van der Waals surface area contributed by atoms with Gasteiger partial charge in [0.2, 0.25) is 5.91 Å². The van der Waals surface area contributed by atoms with Gasteiger partial charge in [0.1, 0.15) is 0 Å². The molecule has 6 nitrogen and oxygen atoms in total. The second kappa shape index (κ2) is 6.92. The Bertz CT molecular complexity index is 868. The van der Waals surface area contributed by atoms with Crippen molar-refractivity contribution in [1.29, 1.82) is 0 Å². The van der Waals surface area contributed by atoms with Crippen molar-refractivity contribution in [2.45, 2.75) is 19.0 Å². The van der Waals surface area contributed by atoms with Crippen molar-refractivity contribution in [3.05, 3.63) is 54.0 Å². The van der Waals surface area contributed by atoms with Crippen LogP contribution in [0.5, 0.6) is 0 Å². The van der Waals surface area contributed by atoms with Gasteiger partial charge in [0.25, 0.3) is 0 Å². The molecular formula is C17H19N5OS. The number of benzene rings is 1. The first-order valence-corrected chi connectivity index (χ1v) is 8.55. The van der Waals surface area contributed by atoms with Gasteiger partial charge in [0, 0.05) is 31.7 Å². The van der Waals surface area contributed by atoms with E-state index in [2.05, 4.69) is 41.4 Å². The largest absolute Gasteiger partial charge is 0.308 e. The Balaban J connectivity index is 1.70. The van der Waals surface area contributed by atoms with Crippen LogP contribution >= 0.6 is 11.8 Å². The maximum Gasteiger partial charge on any atom is 0.236 e. The summed E-state index contributed by atoms with van der Waals surface area (Å²) in [6, 6.07) is 7.93. The van der Waals surface area contributed by atoms with Crippen molar-refractivity contribution in [3.8, 4) is 5.69 Å². The Labute approximate surface area is 144 Å². The Morgan fingerprint density at radius 3 is 2.83 bits per heavy atom.